The highest BCUT2D eigenvalue weighted by molar-refractivity contribution is 6.34. The second kappa shape index (κ2) is 8.96. The summed E-state index contributed by atoms with van der Waals surface area (Å²) < 4.78 is 4.67. The van der Waals surface area contributed by atoms with Crippen LogP contribution in [0.2, 0.25) is 5.02 Å². The van der Waals surface area contributed by atoms with Gasteiger partial charge >= 0.3 is 5.97 Å². The van der Waals surface area contributed by atoms with E-state index in [1.165, 1.54) is 37.1 Å². The fourth-order valence-corrected chi connectivity index (χ4v) is 2.44. The molecule has 8 heteroatoms. The predicted octanol–water partition coefficient (Wildman–Crippen LogP) is 2.19. The minimum absolute atomic E-state index is 0.229. The molecule has 1 N–H and O–H groups in total. The maximum atomic E-state index is 12.2. The standard InChI is InChI=1S/C18H18ClN3O4/c1-12(23)22(11-17(24)21-10-14-5-3-4-8-20-14)16-9-13(18(25)26-2)6-7-15(16)19/h3-9H,10-11H2,1-2H3,(H,21,24). The molecule has 7 nitrogen and oxygen atoms in total. The number of benzene rings is 1. The Bertz CT molecular complexity index is 811. The molecular weight excluding hydrogens is 358 g/mol. The predicted molar refractivity (Wildman–Crippen MR) is 96.9 cm³/mol. The number of hydrogen-bond acceptors (Lipinski definition) is 5. The largest absolute Gasteiger partial charge is 0.465 e. The number of rotatable bonds is 6. The van der Waals surface area contributed by atoms with Crippen LogP contribution in [0.4, 0.5) is 5.69 Å². The number of pyridine rings is 1. The van der Waals surface area contributed by atoms with Gasteiger partial charge < -0.3 is 15.0 Å². The normalized spacial score (nSPS) is 10.1. The molecule has 1 aromatic heterocycles. The summed E-state index contributed by atoms with van der Waals surface area (Å²) in [5.74, 6) is -1.33. The molecule has 2 amide bonds. The lowest BCUT2D eigenvalue weighted by Gasteiger charge is -2.22. The molecule has 2 rings (SSSR count). The van der Waals surface area contributed by atoms with Crippen LogP contribution in [0.3, 0.4) is 0 Å². The molecule has 136 valence electrons. The zero-order chi connectivity index (χ0) is 19.1. The van der Waals surface area contributed by atoms with E-state index in [2.05, 4.69) is 15.0 Å². The maximum Gasteiger partial charge on any atom is 0.337 e. The molecule has 0 spiro atoms. The van der Waals surface area contributed by atoms with Gasteiger partial charge in [-0.1, -0.05) is 17.7 Å². The Hall–Kier alpha value is -2.93. The van der Waals surface area contributed by atoms with Crippen LogP contribution in [0.15, 0.2) is 42.6 Å². The number of carbonyl (C=O) groups is 3. The second-order valence-corrected chi connectivity index (χ2v) is 5.77. The number of ether oxygens (including phenoxy) is 1. The monoisotopic (exact) mass is 375 g/mol. The number of nitrogens with one attached hydrogen (secondary N) is 1. The van der Waals surface area contributed by atoms with Crippen LogP contribution in [-0.2, 0) is 20.9 Å². The fraction of sp³-hybridized carbons (Fsp3) is 0.222. The van der Waals surface area contributed by atoms with Gasteiger partial charge in [-0.3, -0.25) is 14.6 Å². The van der Waals surface area contributed by atoms with Crippen molar-refractivity contribution < 1.29 is 19.1 Å². The summed E-state index contributed by atoms with van der Waals surface area (Å²) in [6.45, 7) is 1.31. The molecule has 0 saturated heterocycles. The number of amides is 2. The van der Waals surface area contributed by atoms with Crippen LogP contribution in [0, 0.1) is 0 Å². The highest BCUT2D eigenvalue weighted by atomic mass is 35.5. The van der Waals surface area contributed by atoms with Crippen molar-refractivity contribution in [2.24, 2.45) is 0 Å². The van der Waals surface area contributed by atoms with E-state index < -0.39 is 5.97 Å². The highest BCUT2D eigenvalue weighted by Crippen LogP contribution is 2.27. The van der Waals surface area contributed by atoms with Crippen LogP contribution >= 0.6 is 11.6 Å². The van der Waals surface area contributed by atoms with E-state index in [9.17, 15) is 14.4 Å². The first-order valence-electron chi connectivity index (χ1n) is 7.75. The van der Waals surface area contributed by atoms with E-state index in [0.29, 0.717) is 5.69 Å². The first-order chi connectivity index (χ1) is 12.4. The van der Waals surface area contributed by atoms with E-state index >= 15 is 0 Å². The Morgan fingerprint density at radius 3 is 2.62 bits per heavy atom. The second-order valence-electron chi connectivity index (χ2n) is 5.36. The van der Waals surface area contributed by atoms with Crippen LogP contribution in [-0.4, -0.2) is 36.4 Å². The number of esters is 1. The Balaban J connectivity index is 2.14. The Morgan fingerprint density at radius 2 is 2.00 bits per heavy atom. The molecule has 0 aliphatic carbocycles. The van der Waals surface area contributed by atoms with E-state index in [1.54, 1.807) is 18.3 Å². The summed E-state index contributed by atoms with van der Waals surface area (Å²) in [5.41, 5.74) is 1.18. The molecule has 1 heterocycles. The van der Waals surface area contributed by atoms with Crippen molar-refractivity contribution in [1.29, 1.82) is 0 Å². The number of carbonyl (C=O) groups excluding carboxylic acids is 3. The number of anilines is 1. The van der Waals surface area contributed by atoms with Gasteiger partial charge in [0.05, 0.1) is 35.6 Å². The van der Waals surface area contributed by atoms with Gasteiger partial charge in [0.2, 0.25) is 11.8 Å². The Morgan fingerprint density at radius 1 is 1.23 bits per heavy atom. The molecule has 2 aromatic rings. The molecule has 0 aliphatic rings. The van der Waals surface area contributed by atoms with Crippen LogP contribution < -0.4 is 10.2 Å². The quantitative estimate of drug-likeness (QED) is 0.782. The van der Waals surface area contributed by atoms with E-state index in [-0.39, 0.29) is 41.2 Å². The number of methoxy groups -OCH3 is 1. The molecule has 0 fully saturated rings. The molecular formula is C18H18ClN3O4. The van der Waals surface area contributed by atoms with Gasteiger partial charge in [-0.05, 0) is 30.3 Å². The van der Waals surface area contributed by atoms with E-state index in [1.807, 2.05) is 6.07 Å². The molecule has 0 atom stereocenters. The zero-order valence-corrected chi connectivity index (χ0v) is 15.1. The average molecular weight is 376 g/mol. The van der Waals surface area contributed by atoms with Gasteiger partial charge in [-0.2, -0.15) is 0 Å². The summed E-state index contributed by atoms with van der Waals surface area (Å²) in [7, 11) is 1.25. The minimum atomic E-state index is -0.564. The lowest BCUT2D eigenvalue weighted by molar-refractivity contribution is -0.123. The van der Waals surface area contributed by atoms with Gasteiger partial charge in [0.15, 0.2) is 0 Å². The Kier molecular flexibility index (Phi) is 6.68. The molecule has 0 bridgehead atoms. The maximum absolute atomic E-state index is 12.2. The number of nitrogens with zero attached hydrogens (tertiary/aromatic N) is 2. The topological polar surface area (TPSA) is 88.6 Å². The molecule has 0 saturated carbocycles. The Labute approximate surface area is 155 Å². The summed E-state index contributed by atoms with van der Waals surface area (Å²) in [4.78, 5) is 41.2. The van der Waals surface area contributed by atoms with Gasteiger partial charge in [-0.15, -0.1) is 0 Å². The van der Waals surface area contributed by atoms with E-state index in [4.69, 9.17) is 11.6 Å². The van der Waals surface area contributed by atoms with Gasteiger partial charge in [0.1, 0.15) is 6.54 Å². The SMILES string of the molecule is COC(=O)c1ccc(Cl)c(N(CC(=O)NCc2ccccn2)C(C)=O)c1. The summed E-state index contributed by atoms with van der Waals surface area (Å²) in [6, 6.07) is 9.75. The summed E-state index contributed by atoms with van der Waals surface area (Å²) >= 11 is 6.15. The lowest BCUT2D eigenvalue weighted by atomic mass is 10.2. The van der Waals surface area contributed by atoms with Crippen molar-refractivity contribution in [3.8, 4) is 0 Å². The van der Waals surface area contributed by atoms with Crippen molar-refractivity contribution in [2.75, 3.05) is 18.6 Å². The third-order valence-corrected chi connectivity index (χ3v) is 3.85. The third kappa shape index (κ3) is 5.03. The van der Waals surface area contributed by atoms with Gasteiger partial charge in [0, 0.05) is 13.1 Å². The van der Waals surface area contributed by atoms with Crippen LogP contribution in [0.25, 0.3) is 0 Å². The minimum Gasteiger partial charge on any atom is -0.465 e. The fourth-order valence-electron chi connectivity index (χ4n) is 2.22. The molecule has 0 radical (unpaired) electrons. The molecule has 0 aliphatic heterocycles. The van der Waals surface area contributed by atoms with Crippen molar-refractivity contribution in [3.63, 3.8) is 0 Å². The van der Waals surface area contributed by atoms with Crippen molar-refractivity contribution in [1.82, 2.24) is 10.3 Å². The third-order valence-electron chi connectivity index (χ3n) is 3.53. The molecule has 0 unspecified atom stereocenters. The summed E-state index contributed by atoms with van der Waals surface area (Å²) in [5, 5.41) is 2.93. The van der Waals surface area contributed by atoms with Crippen molar-refractivity contribution in [3.05, 3.63) is 58.9 Å². The number of halogens is 1. The number of aromatic nitrogens is 1. The smallest absolute Gasteiger partial charge is 0.337 e. The number of hydrogen-bond donors (Lipinski definition) is 1. The van der Waals surface area contributed by atoms with Crippen LogP contribution in [0.1, 0.15) is 23.0 Å². The van der Waals surface area contributed by atoms with Crippen molar-refractivity contribution in [2.45, 2.75) is 13.5 Å². The lowest BCUT2D eigenvalue weighted by Crippen LogP contribution is -2.40. The molecule has 1 aromatic carbocycles. The van der Waals surface area contributed by atoms with Crippen molar-refractivity contribution >= 4 is 35.1 Å². The van der Waals surface area contributed by atoms with Gasteiger partial charge in [0.25, 0.3) is 0 Å². The van der Waals surface area contributed by atoms with E-state index in [0.717, 1.165) is 0 Å². The highest BCUT2D eigenvalue weighted by Gasteiger charge is 2.20. The van der Waals surface area contributed by atoms with Crippen LogP contribution in [0.5, 0.6) is 0 Å². The van der Waals surface area contributed by atoms with Gasteiger partial charge in [-0.25, -0.2) is 4.79 Å². The molecule has 26 heavy (non-hydrogen) atoms. The summed E-state index contributed by atoms with van der Waals surface area (Å²) in [6.07, 6.45) is 1.63. The first-order valence-corrected chi connectivity index (χ1v) is 8.12. The first kappa shape index (κ1) is 19.4. The average Bonchev–Trinajstić information content (AvgIpc) is 2.65. The zero-order valence-electron chi connectivity index (χ0n) is 14.4.